The number of benzene rings is 1. The Hall–Kier alpha value is -1.55. The number of nitrogens with two attached hydrogens (primary N) is 1. The molecule has 0 aromatic heterocycles. The number of carbonyl (C=O) groups is 1. The lowest BCUT2D eigenvalue weighted by atomic mass is 9.89. The molecule has 1 aliphatic heterocycles. The monoisotopic (exact) mass is 304 g/mol. The summed E-state index contributed by atoms with van der Waals surface area (Å²) >= 11 is 0. The second-order valence-electron chi connectivity index (χ2n) is 6.55. The number of rotatable bonds is 5. The minimum Gasteiger partial charge on any atom is -0.493 e. The molecule has 122 valence electrons. The van der Waals surface area contributed by atoms with Crippen molar-refractivity contribution in [1.82, 2.24) is 5.32 Å². The summed E-state index contributed by atoms with van der Waals surface area (Å²) in [6, 6.07) is 4.20. The fourth-order valence-corrected chi connectivity index (χ4v) is 2.94. The van der Waals surface area contributed by atoms with Crippen molar-refractivity contribution >= 4 is 5.91 Å². The molecule has 0 radical (unpaired) electrons. The second-order valence-corrected chi connectivity index (χ2v) is 6.55. The van der Waals surface area contributed by atoms with Gasteiger partial charge in [0, 0.05) is 30.0 Å². The van der Waals surface area contributed by atoms with E-state index >= 15 is 0 Å². The highest BCUT2D eigenvalue weighted by Crippen LogP contribution is 2.39. The van der Waals surface area contributed by atoms with Gasteiger partial charge in [0.25, 0.3) is 0 Å². The molecule has 1 heterocycles. The molecule has 2 atom stereocenters. The number of hydrogen-bond acceptors (Lipinski definition) is 3. The molecule has 0 spiro atoms. The van der Waals surface area contributed by atoms with Gasteiger partial charge in [0.2, 0.25) is 5.91 Å². The fraction of sp³-hybridized carbons (Fsp3) is 0.611. The van der Waals surface area contributed by atoms with E-state index in [2.05, 4.69) is 38.2 Å². The van der Waals surface area contributed by atoms with Crippen LogP contribution < -0.4 is 15.8 Å². The zero-order valence-corrected chi connectivity index (χ0v) is 14.1. The number of ether oxygens (including phenoxy) is 1. The van der Waals surface area contributed by atoms with Gasteiger partial charge < -0.3 is 15.8 Å². The summed E-state index contributed by atoms with van der Waals surface area (Å²) in [7, 11) is 0. The van der Waals surface area contributed by atoms with Crippen LogP contribution in [0, 0.1) is 12.8 Å². The first-order valence-corrected chi connectivity index (χ1v) is 8.26. The number of carbonyl (C=O) groups excluding carboxylic acids is 1. The summed E-state index contributed by atoms with van der Waals surface area (Å²) in [6.45, 7) is 8.92. The summed E-state index contributed by atoms with van der Waals surface area (Å²) in [6.07, 6.45) is 2.23. The van der Waals surface area contributed by atoms with Gasteiger partial charge in [0.05, 0.1) is 12.6 Å². The van der Waals surface area contributed by atoms with Crippen LogP contribution in [0.25, 0.3) is 0 Å². The number of nitrogens with one attached hydrogen (secondary N) is 1. The molecule has 0 fully saturated rings. The van der Waals surface area contributed by atoms with Crippen LogP contribution in [0.5, 0.6) is 5.75 Å². The zero-order chi connectivity index (χ0) is 16.3. The number of aryl methyl sites for hydroxylation is 1. The second kappa shape index (κ2) is 7.14. The molecule has 0 saturated heterocycles. The smallest absolute Gasteiger partial charge is 0.220 e. The first kappa shape index (κ1) is 16.8. The molecular formula is C18H28N2O2. The predicted octanol–water partition coefficient (Wildman–Crippen LogP) is 3.39. The fourth-order valence-electron chi connectivity index (χ4n) is 2.94. The summed E-state index contributed by atoms with van der Waals surface area (Å²) in [4.78, 5) is 12.0. The molecule has 0 aliphatic carbocycles. The average Bonchev–Trinajstić information content (AvgIpc) is 2.46. The van der Waals surface area contributed by atoms with Crippen molar-refractivity contribution < 1.29 is 9.53 Å². The Morgan fingerprint density at radius 1 is 1.45 bits per heavy atom. The van der Waals surface area contributed by atoms with E-state index in [0.717, 1.165) is 35.3 Å². The lowest BCUT2D eigenvalue weighted by Gasteiger charge is -2.31. The van der Waals surface area contributed by atoms with Crippen LogP contribution in [-0.4, -0.2) is 12.5 Å². The summed E-state index contributed by atoms with van der Waals surface area (Å²) in [5, 5.41) is 3.14. The first-order valence-electron chi connectivity index (χ1n) is 8.26. The van der Waals surface area contributed by atoms with Crippen LogP contribution in [0.3, 0.4) is 0 Å². The van der Waals surface area contributed by atoms with Gasteiger partial charge in [-0.2, -0.15) is 0 Å². The van der Waals surface area contributed by atoms with Crippen LogP contribution in [0.4, 0.5) is 0 Å². The molecule has 0 saturated carbocycles. The van der Waals surface area contributed by atoms with Gasteiger partial charge in [-0.05, 0) is 19.3 Å². The highest BCUT2D eigenvalue weighted by atomic mass is 16.5. The maximum atomic E-state index is 12.0. The van der Waals surface area contributed by atoms with Crippen molar-refractivity contribution in [2.24, 2.45) is 11.7 Å². The predicted molar refractivity (Wildman–Crippen MR) is 88.8 cm³/mol. The Balaban J connectivity index is 2.36. The minimum absolute atomic E-state index is 0.0285. The van der Waals surface area contributed by atoms with Crippen molar-refractivity contribution in [2.75, 3.05) is 6.61 Å². The molecule has 4 nitrogen and oxygen atoms in total. The largest absolute Gasteiger partial charge is 0.493 e. The van der Waals surface area contributed by atoms with Gasteiger partial charge >= 0.3 is 0 Å². The van der Waals surface area contributed by atoms with E-state index in [1.54, 1.807) is 0 Å². The van der Waals surface area contributed by atoms with Crippen molar-refractivity contribution in [3.63, 3.8) is 0 Å². The molecule has 3 N–H and O–H groups in total. The van der Waals surface area contributed by atoms with E-state index in [9.17, 15) is 4.79 Å². The third kappa shape index (κ3) is 3.61. The molecule has 4 heteroatoms. The van der Waals surface area contributed by atoms with Crippen LogP contribution in [-0.2, 0) is 4.79 Å². The van der Waals surface area contributed by atoms with Crippen molar-refractivity contribution in [3.05, 3.63) is 28.8 Å². The van der Waals surface area contributed by atoms with Crippen LogP contribution in [0.2, 0.25) is 0 Å². The zero-order valence-electron chi connectivity index (χ0n) is 14.1. The normalized spacial score (nSPS) is 18.5. The van der Waals surface area contributed by atoms with Gasteiger partial charge in [-0.15, -0.1) is 0 Å². The van der Waals surface area contributed by atoms with Crippen molar-refractivity contribution in [3.8, 4) is 5.75 Å². The highest BCUT2D eigenvalue weighted by Gasteiger charge is 2.28. The van der Waals surface area contributed by atoms with E-state index in [-0.39, 0.29) is 18.0 Å². The van der Waals surface area contributed by atoms with Gasteiger partial charge in [-0.3, -0.25) is 4.79 Å². The summed E-state index contributed by atoms with van der Waals surface area (Å²) in [5.74, 6) is 1.32. The number of amides is 1. The standard InChI is InChI=1S/C18H28N2O2/c1-5-6-16(21)20-15-7-8-22-18-13(15)9-12(4)10-14(18)17(19)11(2)3/h9-11,15,17H,5-8,19H2,1-4H3,(H,20,21). The molecule has 0 bridgehead atoms. The molecule has 2 rings (SSSR count). The van der Waals surface area contributed by atoms with Crippen LogP contribution in [0.15, 0.2) is 12.1 Å². The number of fused-ring (bicyclic) bond motifs is 1. The topological polar surface area (TPSA) is 64.3 Å². The molecule has 1 amide bonds. The maximum absolute atomic E-state index is 12.0. The van der Waals surface area contributed by atoms with Crippen molar-refractivity contribution in [1.29, 1.82) is 0 Å². The molecule has 1 aliphatic rings. The molecule has 1 aromatic carbocycles. The van der Waals surface area contributed by atoms with Gasteiger partial charge in [0.1, 0.15) is 5.75 Å². The van der Waals surface area contributed by atoms with Crippen LogP contribution in [0.1, 0.15) is 68.8 Å². The molecular weight excluding hydrogens is 276 g/mol. The average molecular weight is 304 g/mol. The third-order valence-corrected chi connectivity index (χ3v) is 4.21. The van der Waals surface area contributed by atoms with E-state index in [1.165, 1.54) is 0 Å². The SMILES string of the molecule is CCCC(=O)NC1CCOc2c1cc(C)cc2C(N)C(C)C. The third-order valence-electron chi connectivity index (χ3n) is 4.21. The summed E-state index contributed by atoms with van der Waals surface area (Å²) < 4.78 is 5.92. The molecule has 2 unspecified atom stereocenters. The molecule has 1 aromatic rings. The minimum atomic E-state index is -0.0567. The highest BCUT2D eigenvalue weighted by molar-refractivity contribution is 5.76. The Morgan fingerprint density at radius 2 is 2.18 bits per heavy atom. The first-order chi connectivity index (χ1) is 10.4. The van der Waals surface area contributed by atoms with Gasteiger partial charge in [0.15, 0.2) is 0 Å². The number of hydrogen-bond donors (Lipinski definition) is 2. The Morgan fingerprint density at radius 3 is 2.82 bits per heavy atom. The van der Waals surface area contributed by atoms with Gasteiger partial charge in [-0.1, -0.05) is 38.5 Å². The Kier molecular flexibility index (Phi) is 5.46. The summed E-state index contributed by atoms with van der Waals surface area (Å²) in [5.41, 5.74) is 9.64. The van der Waals surface area contributed by atoms with E-state index in [4.69, 9.17) is 10.5 Å². The lowest BCUT2D eigenvalue weighted by Crippen LogP contribution is -2.33. The van der Waals surface area contributed by atoms with E-state index < -0.39 is 0 Å². The Bertz CT molecular complexity index is 540. The van der Waals surface area contributed by atoms with E-state index in [1.807, 2.05) is 6.92 Å². The van der Waals surface area contributed by atoms with Crippen molar-refractivity contribution in [2.45, 2.75) is 59.0 Å². The van der Waals surface area contributed by atoms with Gasteiger partial charge in [-0.25, -0.2) is 0 Å². The Labute approximate surface area is 133 Å². The lowest BCUT2D eigenvalue weighted by molar-refractivity contribution is -0.122. The van der Waals surface area contributed by atoms with Crippen LogP contribution >= 0.6 is 0 Å². The quantitative estimate of drug-likeness (QED) is 0.876. The van der Waals surface area contributed by atoms with E-state index in [0.29, 0.717) is 18.9 Å². The molecule has 22 heavy (non-hydrogen) atoms. The maximum Gasteiger partial charge on any atom is 0.220 e.